The first-order chi connectivity index (χ1) is 10.2. The molecule has 2 aromatic heterocycles. The van der Waals surface area contributed by atoms with Gasteiger partial charge < -0.3 is 10.3 Å². The van der Waals surface area contributed by atoms with Gasteiger partial charge in [0.25, 0.3) is 11.7 Å². The van der Waals surface area contributed by atoms with Crippen molar-refractivity contribution in [3.63, 3.8) is 0 Å². The second-order valence-corrected chi connectivity index (χ2v) is 6.00. The minimum absolute atomic E-state index is 0.00163. The molecule has 3 rings (SSSR count). The summed E-state index contributed by atoms with van der Waals surface area (Å²) in [5, 5.41) is 12.5. The third kappa shape index (κ3) is 2.79. The summed E-state index contributed by atoms with van der Waals surface area (Å²) in [5.41, 5.74) is 5.14. The number of hydrogen-bond donors (Lipinski definition) is 1. The Kier molecular flexibility index (Phi) is 3.68. The number of aromatic nitrogens is 2. The van der Waals surface area contributed by atoms with Crippen molar-refractivity contribution in [2.45, 2.75) is 25.4 Å². The molecule has 1 aliphatic rings. The van der Waals surface area contributed by atoms with E-state index in [1.165, 1.54) is 11.3 Å². The highest BCUT2D eigenvalue weighted by molar-refractivity contribution is 7.12. The normalized spacial score (nSPS) is 18.7. The van der Waals surface area contributed by atoms with Crippen LogP contribution in [0.2, 0.25) is 0 Å². The number of rotatable bonds is 4. The van der Waals surface area contributed by atoms with Gasteiger partial charge in [0.15, 0.2) is 0 Å². The van der Waals surface area contributed by atoms with Crippen LogP contribution in [0.4, 0.5) is 0 Å². The fourth-order valence-electron chi connectivity index (χ4n) is 2.49. The standard InChI is InChI=1S/C13H13N5O2S/c14-6-8-3-4-9(21-8)7-18-5-1-2-10(18)13-16-12(11(15)19)17-20-13/h3-4,10H,1-2,5,7H2,(H2,15,19)/t10-/m0/s1. The monoisotopic (exact) mass is 303 g/mol. The van der Waals surface area contributed by atoms with E-state index in [0.29, 0.717) is 10.8 Å². The lowest BCUT2D eigenvalue weighted by Gasteiger charge is -2.20. The number of primary amides is 1. The Labute approximate surface area is 125 Å². The SMILES string of the molecule is N#Cc1ccc(CN2CCC[C@H]2c2nc(C(N)=O)no2)s1. The Balaban J connectivity index is 1.75. The third-order valence-electron chi connectivity index (χ3n) is 3.44. The zero-order chi connectivity index (χ0) is 14.8. The average molecular weight is 303 g/mol. The van der Waals surface area contributed by atoms with Crippen LogP contribution >= 0.6 is 11.3 Å². The quantitative estimate of drug-likeness (QED) is 0.915. The van der Waals surface area contributed by atoms with Gasteiger partial charge in [0.2, 0.25) is 5.89 Å². The molecule has 7 nitrogen and oxygen atoms in total. The summed E-state index contributed by atoms with van der Waals surface area (Å²) in [6, 6.07) is 5.92. The van der Waals surface area contributed by atoms with Crippen LogP contribution in [0.25, 0.3) is 0 Å². The molecule has 3 heterocycles. The van der Waals surface area contributed by atoms with Crippen molar-refractivity contribution < 1.29 is 9.32 Å². The van der Waals surface area contributed by atoms with E-state index in [4.69, 9.17) is 15.5 Å². The first kappa shape index (κ1) is 13.7. The highest BCUT2D eigenvalue weighted by atomic mass is 32.1. The molecule has 0 spiro atoms. The van der Waals surface area contributed by atoms with Gasteiger partial charge in [0.05, 0.1) is 6.04 Å². The number of hydrogen-bond acceptors (Lipinski definition) is 7. The molecule has 1 saturated heterocycles. The molecule has 0 aliphatic carbocycles. The zero-order valence-electron chi connectivity index (χ0n) is 11.2. The largest absolute Gasteiger partial charge is 0.363 e. The van der Waals surface area contributed by atoms with E-state index in [9.17, 15) is 4.79 Å². The zero-order valence-corrected chi connectivity index (χ0v) is 12.0. The maximum atomic E-state index is 11.0. The molecular weight excluding hydrogens is 290 g/mol. The molecule has 0 unspecified atom stereocenters. The molecule has 8 heteroatoms. The molecule has 0 saturated carbocycles. The van der Waals surface area contributed by atoms with Crippen LogP contribution in [-0.4, -0.2) is 27.5 Å². The van der Waals surface area contributed by atoms with Crippen molar-refractivity contribution in [3.05, 3.63) is 33.6 Å². The fourth-order valence-corrected chi connectivity index (χ4v) is 3.32. The number of amides is 1. The van der Waals surface area contributed by atoms with Crippen LogP contribution in [0.1, 0.15) is 45.1 Å². The molecule has 1 fully saturated rings. The fraction of sp³-hybridized carbons (Fsp3) is 0.385. The van der Waals surface area contributed by atoms with E-state index in [1.54, 1.807) is 0 Å². The molecular formula is C13H13N5O2S. The summed E-state index contributed by atoms with van der Waals surface area (Å²) in [4.78, 5) is 19.1. The van der Waals surface area contributed by atoms with Crippen LogP contribution in [0.15, 0.2) is 16.7 Å². The van der Waals surface area contributed by atoms with Gasteiger partial charge in [0.1, 0.15) is 10.9 Å². The smallest absolute Gasteiger partial charge is 0.290 e. The van der Waals surface area contributed by atoms with Gasteiger partial charge in [0, 0.05) is 11.4 Å². The van der Waals surface area contributed by atoms with E-state index >= 15 is 0 Å². The van der Waals surface area contributed by atoms with Gasteiger partial charge in [-0.15, -0.1) is 11.3 Å². The summed E-state index contributed by atoms with van der Waals surface area (Å²) in [7, 11) is 0. The van der Waals surface area contributed by atoms with Crippen molar-refractivity contribution in [1.82, 2.24) is 15.0 Å². The first-order valence-electron chi connectivity index (χ1n) is 6.53. The third-order valence-corrected chi connectivity index (χ3v) is 4.42. The number of nitrogens with two attached hydrogens (primary N) is 1. The van der Waals surface area contributed by atoms with Crippen LogP contribution in [0.5, 0.6) is 0 Å². The summed E-state index contributed by atoms with van der Waals surface area (Å²) in [5.74, 6) is -0.343. The molecule has 0 bridgehead atoms. The van der Waals surface area contributed by atoms with E-state index in [2.05, 4.69) is 21.1 Å². The number of nitrogens with zero attached hydrogens (tertiary/aromatic N) is 4. The van der Waals surface area contributed by atoms with Crippen molar-refractivity contribution in [2.75, 3.05) is 6.54 Å². The highest BCUT2D eigenvalue weighted by Gasteiger charge is 2.31. The molecule has 0 radical (unpaired) electrons. The molecule has 1 amide bonds. The summed E-state index contributed by atoms with van der Waals surface area (Å²) >= 11 is 1.48. The molecule has 1 atom stereocenters. The topological polar surface area (TPSA) is 109 Å². The second kappa shape index (κ2) is 5.63. The lowest BCUT2D eigenvalue weighted by molar-refractivity contribution is 0.0987. The van der Waals surface area contributed by atoms with Crippen LogP contribution < -0.4 is 5.73 Å². The van der Waals surface area contributed by atoms with Crippen molar-refractivity contribution in [1.29, 1.82) is 5.26 Å². The minimum Gasteiger partial charge on any atom is -0.363 e. The van der Waals surface area contributed by atoms with Crippen molar-refractivity contribution in [3.8, 4) is 6.07 Å². The number of carbonyl (C=O) groups is 1. The van der Waals surface area contributed by atoms with E-state index in [1.807, 2.05) is 12.1 Å². The lowest BCUT2D eigenvalue weighted by atomic mass is 10.2. The van der Waals surface area contributed by atoms with Gasteiger partial charge in [-0.2, -0.15) is 10.2 Å². The van der Waals surface area contributed by atoms with Crippen molar-refractivity contribution >= 4 is 17.2 Å². The Morgan fingerprint density at radius 1 is 1.62 bits per heavy atom. The number of nitriles is 1. The number of carbonyl (C=O) groups excluding carboxylic acids is 1. The molecule has 1 aliphatic heterocycles. The number of thiophene rings is 1. The maximum absolute atomic E-state index is 11.0. The van der Waals surface area contributed by atoms with E-state index in [-0.39, 0.29) is 11.9 Å². The predicted molar refractivity (Wildman–Crippen MR) is 74.2 cm³/mol. The lowest BCUT2D eigenvalue weighted by Crippen LogP contribution is -2.22. The molecule has 108 valence electrons. The Hall–Kier alpha value is -2.24. The first-order valence-corrected chi connectivity index (χ1v) is 7.35. The minimum atomic E-state index is -0.688. The number of likely N-dealkylation sites (tertiary alicyclic amines) is 1. The van der Waals surface area contributed by atoms with Gasteiger partial charge >= 0.3 is 0 Å². The highest BCUT2D eigenvalue weighted by Crippen LogP contribution is 2.33. The van der Waals surface area contributed by atoms with E-state index < -0.39 is 5.91 Å². The Bertz CT molecular complexity index is 701. The molecule has 0 aromatic carbocycles. The van der Waals surface area contributed by atoms with Crippen molar-refractivity contribution in [2.24, 2.45) is 5.73 Å². The Morgan fingerprint density at radius 2 is 2.48 bits per heavy atom. The molecule has 2 N–H and O–H groups in total. The molecule has 21 heavy (non-hydrogen) atoms. The summed E-state index contributed by atoms with van der Waals surface area (Å²) in [6.07, 6.45) is 1.92. The summed E-state index contributed by atoms with van der Waals surface area (Å²) < 4.78 is 5.15. The van der Waals surface area contributed by atoms with Gasteiger partial charge in [-0.1, -0.05) is 5.16 Å². The Morgan fingerprint density at radius 3 is 3.14 bits per heavy atom. The van der Waals surface area contributed by atoms with E-state index in [0.717, 1.165) is 30.8 Å². The van der Waals surface area contributed by atoms with Crippen LogP contribution in [0.3, 0.4) is 0 Å². The molecule has 2 aromatic rings. The van der Waals surface area contributed by atoms with Gasteiger partial charge in [-0.25, -0.2) is 0 Å². The second-order valence-electron chi connectivity index (χ2n) is 4.83. The van der Waals surface area contributed by atoms with Gasteiger partial charge in [-0.3, -0.25) is 9.69 Å². The van der Waals surface area contributed by atoms with Crippen LogP contribution in [0, 0.1) is 11.3 Å². The predicted octanol–water partition coefficient (Wildman–Crippen LogP) is 1.44. The summed E-state index contributed by atoms with van der Waals surface area (Å²) in [6.45, 7) is 1.64. The average Bonchev–Trinajstić information content (AvgIpc) is 3.18. The van der Waals surface area contributed by atoms with Gasteiger partial charge in [-0.05, 0) is 31.5 Å². The van der Waals surface area contributed by atoms with Crippen LogP contribution in [-0.2, 0) is 6.54 Å². The maximum Gasteiger partial charge on any atom is 0.290 e.